The van der Waals surface area contributed by atoms with Crippen molar-refractivity contribution in [3.05, 3.63) is 58.2 Å². The summed E-state index contributed by atoms with van der Waals surface area (Å²) in [4.78, 5) is 52.8. The summed E-state index contributed by atoms with van der Waals surface area (Å²) in [7, 11) is 3.30. The first kappa shape index (κ1) is 40.3. The summed E-state index contributed by atoms with van der Waals surface area (Å²) in [5.74, 6) is -0.754. The highest BCUT2D eigenvalue weighted by atomic mass is 32.1. The number of esters is 1. The maximum absolute atomic E-state index is 14.2. The van der Waals surface area contributed by atoms with E-state index < -0.39 is 23.5 Å². The number of thiazole rings is 1. The molecular formula is C41H55N7O6S. The molecule has 2 N–H and O–H groups in total. The number of allylic oxidation sites excluding steroid dienone is 2. The zero-order valence-corrected chi connectivity index (χ0v) is 34.1. The van der Waals surface area contributed by atoms with Crippen LogP contribution in [-0.4, -0.2) is 108 Å². The number of nitrogens with one attached hydrogen (secondary N) is 2. The van der Waals surface area contributed by atoms with E-state index in [0.717, 1.165) is 44.7 Å². The quantitative estimate of drug-likeness (QED) is 0.167. The van der Waals surface area contributed by atoms with Crippen LogP contribution in [0.1, 0.15) is 70.6 Å². The average Bonchev–Trinajstić information content (AvgIpc) is 3.77. The van der Waals surface area contributed by atoms with Crippen LogP contribution in [0.15, 0.2) is 46.9 Å². The Labute approximate surface area is 327 Å². The monoisotopic (exact) mass is 773 g/mol. The molecule has 0 unspecified atom stereocenters. The zero-order chi connectivity index (χ0) is 39.6. The van der Waals surface area contributed by atoms with Gasteiger partial charge in [-0.1, -0.05) is 32.6 Å². The van der Waals surface area contributed by atoms with Gasteiger partial charge in [0.2, 0.25) is 0 Å². The van der Waals surface area contributed by atoms with Gasteiger partial charge in [-0.25, -0.2) is 15.2 Å². The Bertz CT molecular complexity index is 2000. The Morgan fingerprint density at radius 3 is 2.75 bits per heavy atom. The fourth-order valence-corrected chi connectivity index (χ4v) is 8.67. The average molecular weight is 774 g/mol. The van der Waals surface area contributed by atoms with Gasteiger partial charge in [0.15, 0.2) is 0 Å². The lowest BCUT2D eigenvalue weighted by Crippen LogP contribution is -2.66. The summed E-state index contributed by atoms with van der Waals surface area (Å²) < 4.78 is 19.6. The smallest absolute Gasteiger partial charge is 0.324 e. The van der Waals surface area contributed by atoms with Crippen molar-refractivity contribution in [2.45, 2.75) is 104 Å². The third kappa shape index (κ3) is 8.14. The molecule has 0 radical (unpaired) electrons. The van der Waals surface area contributed by atoms with Gasteiger partial charge in [-0.15, -0.1) is 11.3 Å². The third-order valence-electron chi connectivity index (χ3n) is 11.0. The topological polar surface area (TPSA) is 140 Å². The summed E-state index contributed by atoms with van der Waals surface area (Å²) in [5, 5.41) is 8.20. The molecule has 3 aliphatic rings. The summed E-state index contributed by atoms with van der Waals surface area (Å²) >= 11 is 1.45. The fourth-order valence-electron chi connectivity index (χ4n) is 7.82. The summed E-state index contributed by atoms with van der Waals surface area (Å²) in [6.45, 7) is 18.0. The van der Waals surface area contributed by atoms with Crippen molar-refractivity contribution in [3.63, 3.8) is 0 Å². The molecule has 2 fully saturated rings. The lowest BCUT2D eigenvalue weighted by molar-refractivity contribution is -0.155. The van der Waals surface area contributed by atoms with Crippen molar-refractivity contribution in [1.82, 2.24) is 30.2 Å². The van der Waals surface area contributed by atoms with Gasteiger partial charge in [0.1, 0.15) is 12.1 Å². The molecule has 0 spiro atoms. The van der Waals surface area contributed by atoms with Crippen LogP contribution < -0.4 is 10.7 Å². The first-order chi connectivity index (χ1) is 26.3. The number of urea groups is 1. The molecule has 13 nitrogen and oxygen atoms in total. The number of carbonyl (C=O) groups is 3. The normalized spacial score (nSPS) is 24.2. The number of aromatic nitrogens is 2. The molecule has 6 bridgehead atoms. The Balaban J connectivity index is 1.48. The molecular weight excluding hydrogens is 719 g/mol. The standard InChI is InChI=1S/C41H55N7O6S/c1-10-27(36(42-11-2)25(5)52-8)37-29-20-41(6,7)23-54-39(50)30-14-13-17-48(45-30)38(49)31(44-40(51)47-21-34(53-9)24(47)4)19-35-43-32(22-55-35)26-15-16-33(28(29)18-26)46(37)12-3/h10-11,15-16,18,22,24-25,30-31,34,45H,1,12-14,17,19-21,23H2,2-9H3,(H,44,51)/b36-27+,42-11?/t24-,25+,30+,31+,34-/m1/s1. The van der Waals surface area contributed by atoms with Gasteiger partial charge in [-0.3, -0.25) is 19.6 Å². The largest absolute Gasteiger partial charge is 0.464 e. The van der Waals surface area contributed by atoms with Crippen molar-refractivity contribution in [1.29, 1.82) is 0 Å². The molecule has 5 heterocycles. The summed E-state index contributed by atoms with van der Waals surface area (Å²) in [6.07, 6.45) is 5.16. The molecule has 296 valence electrons. The third-order valence-corrected chi connectivity index (χ3v) is 11.9. The number of methoxy groups -OCH3 is 2. The van der Waals surface area contributed by atoms with Crippen molar-refractivity contribution < 1.29 is 28.6 Å². The number of likely N-dealkylation sites (tertiary alicyclic amines) is 1. The lowest BCUT2D eigenvalue weighted by Gasteiger charge is -2.45. The molecule has 14 heteroatoms. The highest BCUT2D eigenvalue weighted by Gasteiger charge is 2.41. The minimum atomic E-state index is -0.922. The molecule has 3 amide bonds. The molecule has 2 saturated heterocycles. The van der Waals surface area contributed by atoms with E-state index in [0.29, 0.717) is 43.9 Å². The maximum atomic E-state index is 14.2. The van der Waals surface area contributed by atoms with Crippen molar-refractivity contribution in [2.75, 3.05) is 33.9 Å². The van der Waals surface area contributed by atoms with E-state index in [1.165, 1.54) is 16.3 Å². The van der Waals surface area contributed by atoms with E-state index in [9.17, 15) is 14.4 Å². The first-order valence-electron chi connectivity index (χ1n) is 19.2. The van der Waals surface area contributed by atoms with Crippen molar-refractivity contribution in [2.24, 2.45) is 10.4 Å². The van der Waals surface area contributed by atoms with Crippen LogP contribution in [0.5, 0.6) is 0 Å². The second-order valence-corrected chi connectivity index (χ2v) is 16.3. The SMILES string of the molecule is C=C/C(=C(\N=CC)[C@H](C)OC)c1c2c3cc(ccc3n1CC)-c1csc(n1)C[C@H](NC(=O)N1C[C@@H](OC)[C@H]1C)C(=O)N1CCC[C@H](N1)C(=O)OCC(C)(C)C2. The number of carbonyl (C=O) groups excluding carboxylic acids is 3. The van der Waals surface area contributed by atoms with Gasteiger partial charge in [-0.2, -0.15) is 0 Å². The van der Waals surface area contributed by atoms with E-state index >= 15 is 0 Å². The van der Waals surface area contributed by atoms with Crippen LogP contribution in [-0.2, 0) is 43.2 Å². The molecule has 1 aromatic carbocycles. The predicted octanol–water partition coefficient (Wildman–Crippen LogP) is 5.77. The first-order valence-corrected chi connectivity index (χ1v) is 20.0. The Kier molecular flexibility index (Phi) is 12.3. The number of aryl methyl sites for hydroxylation is 1. The van der Waals surface area contributed by atoms with Crippen LogP contribution >= 0.6 is 11.3 Å². The fraction of sp³-hybridized carbons (Fsp3) is 0.537. The molecule has 3 aromatic rings. The number of rotatable bonds is 8. The van der Waals surface area contributed by atoms with E-state index in [2.05, 4.69) is 60.9 Å². The summed E-state index contributed by atoms with van der Waals surface area (Å²) in [5.41, 5.74) is 9.14. The van der Waals surface area contributed by atoms with Gasteiger partial charge < -0.3 is 29.0 Å². The molecule has 2 aromatic heterocycles. The number of hydrogen-bond acceptors (Lipinski definition) is 10. The van der Waals surface area contributed by atoms with E-state index in [1.54, 1.807) is 25.3 Å². The van der Waals surface area contributed by atoms with Gasteiger partial charge >= 0.3 is 12.0 Å². The Morgan fingerprint density at radius 1 is 1.29 bits per heavy atom. The second kappa shape index (κ2) is 16.8. The maximum Gasteiger partial charge on any atom is 0.324 e. The van der Waals surface area contributed by atoms with Crippen LogP contribution in [0.25, 0.3) is 27.7 Å². The minimum Gasteiger partial charge on any atom is -0.464 e. The number of nitrogens with zero attached hydrogens (tertiary/aromatic N) is 5. The van der Waals surface area contributed by atoms with E-state index in [1.807, 2.05) is 32.2 Å². The minimum absolute atomic E-state index is 0.0582. The zero-order valence-electron chi connectivity index (χ0n) is 33.3. The second-order valence-electron chi connectivity index (χ2n) is 15.3. The number of hydrazine groups is 1. The molecule has 55 heavy (non-hydrogen) atoms. The highest BCUT2D eigenvalue weighted by molar-refractivity contribution is 7.10. The molecule has 3 aliphatic heterocycles. The van der Waals surface area contributed by atoms with Crippen LogP contribution in [0, 0.1) is 5.41 Å². The number of hydrogen-bond donors (Lipinski definition) is 2. The Morgan fingerprint density at radius 2 is 2.07 bits per heavy atom. The molecule has 6 rings (SSSR count). The van der Waals surface area contributed by atoms with Crippen molar-refractivity contribution in [3.8, 4) is 11.3 Å². The number of benzene rings is 1. The van der Waals surface area contributed by atoms with Gasteiger partial charge in [0.05, 0.1) is 53.5 Å². The van der Waals surface area contributed by atoms with Gasteiger partial charge in [0, 0.05) is 72.8 Å². The number of ether oxygens (including phenoxy) is 3. The number of fused-ring (bicyclic) bond motifs is 6. The van der Waals surface area contributed by atoms with E-state index in [4.69, 9.17) is 24.2 Å². The van der Waals surface area contributed by atoms with Crippen LogP contribution in [0.4, 0.5) is 4.79 Å². The highest BCUT2D eigenvalue weighted by Crippen LogP contribution is 2.40. The van der Waals surface area contributed by atoms with E-state index in [-0.39, 0.29) is 43.2 Å². The van der Waals surface area contributed by atoms with Crippen molar-refractivity contribution >= 4 is 51.9 Å². The number of amides is 3. The van der Waals surface area contributed by atoms with Crippen LogP contribution in [0.2, 0.25) is 0 Å². The lowest BCUT2D eigenvalue weighted by atomic mass is 9.84. The van der Waals surface area contributed by atoms with Gasteiger partial charge in [-0.05, 0) is 64.7 Å². The summed E-state index contributed by atoms with van der Waals surface area (Å²) in [6, 6.07) is 4.27. The predicted molar refractivity (Wildman–Crippen MR) is 216 cm³/mol. The molecule has 0 saturated carbocycles. The van der Waals surface area contributed by atoms with Gasteiger partial charge in [0.25, 0.3) is 5.91 Å². The number of cyclic esters (lactones) is 1. The Hall–Kier alpha value is -4.37. The van der Waals surface area contributed by atoms with Crippen LogP contribution in [0.3, 0.4) is 0 Å². The number of aliphatic imine (C=N–C) groups is 1. The molecule has 5 atom stereocenters. The molecule has 0 aliphatic carbocycles.